The molecule has 2 unspecified atom stereocenters. The highest BCUT2D eigenvalue weighted by molar-refractivity contribution is 7.86. The van der Waals surface area contributed by atoms with E-state index in [-0.39, 0.29) is 22.2 Å². The predicted molar refractivity (Wildman–Crippen MR) is 85.8 cm³/mol. The fourth-order valence-electron chi connectivity index (χ4n) is 3.46. The van der Waals surface area contributed by atoms with Crippen LogP contribution in [0.4, 0.5) is 0 Å². The summed E-state index contributed by atoms with van der Waals surface area (Å²) in [5.74, 6) is 1.81. The zero-order valence-electron chi connectivity index (χ0n) is 12.8. The number of carbonyl (C=O) groups excluding carboxylic acids is 1. The van der Waals surface area contributed by atoms with Crippen LogP contribution in [0.2, 0.25) is 0 Å². The predicted octanol–water partition coefficient (Wildman–Crippen LogP) is 2.72. The molecule has 2 aliphatic heterocycles. The Labute approximate surface area is 133 Å². The van der Waals surface area contributed by atoms with Crippen LogP contribution in [-0.2, 0) is 15.6 Å². The minimum atomic E-state index is -0.692. The SMILES string of the molecule is COc1cccc(OCCC(=O)C2CC3CCC(C2)S3=O)c1. The number of hydrogen-bond donors (Lipinski definition) is 0. The van der Waals surface area contributed by atoms with Crippen LogP contribution >= 0.6 is 0 Å². The lowest BCUT2D eigenvalue weighted by Gasteiger charge is -2.26. The van der Waals surface area contributed by atoms with Gasteiger partial charge in [0.2, 0.25) is 0 Å². The minimum absolute atomic E-state index is 0.0871. The first-order valence-corrected chi connectivity index (χ1v) is 9.14. The highest BCUT2D eigenvalue weighted by Crippen LogP contribution is 2.39. The molecule has 2 fully saturated rings. The van der Waals surface area contributed by atoms with Gasteiger partial charge < -0.3 is 9.47 Å². The summed E-state index contributed by atoms with van der Waals surface area (Å²) >= 11 is 0. The number of methoxy groups -OCH3 is 1. The summed E-state index contributed by atoms with van der Waals surface area (Å²) in [5.41, 5.74) is 0. The number of ketones is 1. The van der Waals surface area contributed by atoms with Crippen molar-refractivity contribution in [2.75, 3.05) is 13.7 Å². The lowest BCUT2D eigenvalue weighted by atomic mass is 9.93. The average Bonchev–Trinajstić information content (AvgIpc) is 2.76. The molecule has 2 bridgehead atoms. The smallest absolute Gasteiger partial charge is 0.139 e. The van der Waals surface area contributed by atoms with Crippen molar-refractivity contribution in [3.05, 3.63) is 24.3 Å². The largest absolute Gasteiger partial charge is 0.497 e. The molecule has 0 spiro atoms. The maximum atomic E-state index is 12.3. The van der Waals surface area contributed by atoms with Gasteiger partial charge in [-0.05, 0) is 37.8 Å². The molecule has 4 nitrogen and oxygen atoms in total. The molecule has 120 valence electrons. The zero-order valence-corrected chi connectivity index (χ0v) is 13.6. The van der Waals surface area contributed by atoms with Crippen LogP contribution in [0.3, 0.4) is 0 Å². The number of ether oxygens (including phenoxy) is 2. The molecule has 22 heavy (non-hydrogen) atoms. The van der Waals surface area contributed by atoms with Crippen molar-refractivity contribution in [3.8, 4) is 11.5 Å². The van der Waals surface area contributed by atoms with E-state index < -0.39 is 10.8 Å². The van der Waals surface area contributed by atoms with E-state index in [0.29, 0.717) is 13.0 Å². The molecule has 0 N–H and O–H groups in total. The van der Waals surface area contributed by atoms with E-state index in [9.17, 15) is 9.00 Å². The Morgan fingerprint density at radius 3 is 2.59 bits per heavy atom. The van der Waals surface area contributed by atoms with Crippen LogP contribution < -0.4 is 9.47 Å². The van der Waals surface area contributed by atoms with Gasteiger partial charge in [-0.15, -0.1) is 0 Å². The van der Waals surface area contributed by atoms with E-state index in [2.05, 4.69) is 0 Å². The van der Waals surface area contributed by atoms with Crippen LogP contribution in [0.1, 0.15) is 32.1 Å². The van der Waals surface area contributed by atoms with Crippen molar-refractivity contribution in [2.45, 2.75) is 42.6 Å². The molecule has 0 aromatic heterocycles. The van der Waals surface area contributed by atoms with E-state index in [0.717, 1.165) is 37.2 Å². The highest BCUT2D eigenvalue weighted by Gasteiger charge is 2.42. The first-order chi connectivity index (χ1) is 10.7. The zero-order chi connectivity index (χ0) is 15.5. The molecule has 2 aliphatic rings. The van der Waals surface area contributed by atoms with Gasteiger partial charge in [0.1, 0.15) is 17.3 Å². The third-order valence-corrected chi connectivity index (χ3v) is 6.85. The van der Waals surface area contributed by atoms with E-state index >= 15 is 0 Å². The molecular weight excluding hydrogens is 300 g/mol. The first kappa shape index (κ1) is 15.5. The summed E-state index contributed by atoms with van der Waals surface area (Å²) in [7, 11) is 0.923. The van der Waals surface area contributed by atoms with Gasteiger partial charge in [-0.1, -0.05) is 6.07 Å². The first-order valence-electron chi connectivity index (χ1n) is 7.86. The molecule has 0 radical (unpaired) electrons. The van der Waals surface area contributed by atoms with Gasteiger partial charge in [0.05, 0.1) is 13.7 Å². The molecule has 2 heterocycles. The van der Waals surface area contributed by atoms with Crippen LogP contribution in [-0.4, -0.2) is 34.2 Å². The van der Waals surface area contributed by atoms with E-state index in [1.165, 1.54) is 0 Å². The van der Waals surface area contributed by atoms with Crippen molar-refractivity contribution in [2.24, 2.45) is 5.92 Å². The van der Waals surface area contributed by atoms with Crippen LogP contribution in [0, 0.1) is 5.92 Å². The fraction of sp³-hybridized carbons (Fsp3) is 0.588. The minimum Gasteiger partial charge on any atom is -0.497 e. The Balaban J connectivity index is 1.47. The second-order valence-electron chi connectivity index (χ2n) is 6.06. The van der Waals surface area contributed by atoms with Gasteiger partial charge in [-0.3, -0.25) is 9.00 Å². The Morgan fingerprint density at radius 1 is 1.23 bits per heavy atom. The summed E-state index contributed by atoms with van der Waals surface area (Å²) in [5, 5.41) is 0.513. The number of hydrogen-bond acceptors (Lipinski definition) is 4. The second-order valence-corrected chi connectivity index (χ2v) is 8.05. The normalized spacial score (nSPS) is 30.0. The molecule has 2 atom stereocenters. The van der Waals surface area contributed by atoms with Gasteiger partial charge in [0.25, 0.3) is 0 Å². The maximum Gasteiger partial charge on any atom is 0.139 e. The number of rotatable bonds is 6. The van der Waals surface area contributed by atoms with Gasteiger partial charge in [0.15, 0.2) is 0 Å². The van der Waals surface area contributed by atoms with Crippen LogP contribution in [0.5, 0.6) is 11.5 Å². The van der Waals surface area contributed by atoms with Crippen molar-refractivity contribution >= 4 is 16.6 Å². The molecule has 3 rings (SSSR count). The Morgan fingerprint density at radius 2 is 1.91 bits per heavy atom. The second kappa shape index (κ2) is 6.82. The van der Waals surface area contributed by atoms with E-state index in [1.54, 1.807) is 7.11 Å². The monoisotopic (exact) mass is 322 g/mol. The van der Waals surface area contributed by atoms with E-state index in [4.69, 9.17) is 9.47 Å². The summed E-state index contributed by atoms with van der Waals surface area (Å²) in [4.78, 5) is 12.3. The van der Waals surface area contributed by atoms with Gasteiger partial charge in [-0.2, -0.15) is 0 Å². The Hall–Kier alpha value is -1.36. The molecular formula is C17H22O4S. The molecule has 0 saturated carbocycles. The lowest BCUT2D eigenvalue weighted by molar-refractivity contribution is -0.123. The molecule has 0 aliphatic carbocycles. The van der Waals surface area contributed by atoms with Crippen molar-refractivity contribution in [1.29, 1.82) is 0 Å². The number of benzene rings is 1. The van der Waals surface area contributed by atoms with Crippen LogP contribution in [0.15, 0.2) is 24.3 Å². The number of carbonyl (C=O) groups is 1. The van der Waals surface area contributed by atoms with Crippen LogP contribution in [0.25, 0.3) is 0 Å². The summed E-state index contributed by atoms with van der Waals surface area (Å²) in [6.07, 6.45) is 4.10. The summed E-state index contributed by atoms with van der Waals surface area (Å²) in [6.45, 7) is 0.390. The summed E-state index contributed by atoms with van der Waals surface area (Å²) in [6, 6.07) is 7.39. The fourth-order valence-corrected chi connectivity index (χ4v) is 5.59. The summed E-state index contributed by atoms with van der Waals surface area (Å²) < 4.78 is 22.8. The molecule has 1 aromatic rings. The van der Waals surface area contributed by atoms with Gasteiger partial charge in [0, 0.05) is 39.7 Å². The average molecular weight is 322 g/mol. The standard InChI is InChI=1S/C17H22O4S/c1-20-13-3-2-4-14(11-13)21-8-7-17(18)12-9-15-5-6-16(10-12)22(15)19/h2-4,11-12,15-16H,5-10H2,1H3. The van der Waals surface area contributed by atoms with E-state index in [1.807, 2.05) is 24.3 Å². The third-order valence-electron chi connectivity index (χ3n) is 4.68. The van der Waals surface area contributed by atoms with Gasteiger partial charge >= 0.3 is 0 Å². The Bertz CT molecular complexity index is 556. The highest BCUT2D eigenvalue weighted by atomic mass is 32.2. The number of fused-ring (bicyclic) bond motifs is 2. The molecule has 0 amide bonds. The molecule has 2 saturated heterocycles. The molecule has 1 aromatic carbocycles. The van der Waals surface area contributed by atoms with Crippen molar-refractivity contribution in [3.63, 3.8) is 0 Å². The van der Waals surface area contributed by atoms with Crippen molar-refractivity contribution < 1.29 is 18.5 Å². The molecule has 5 heteroatoms. The van der Waals surface area contributed by atoms with Gasteiger partial charge in [-0.25, -0.2) is 0 Å². The quantitative estimate of drug-likeness (QED) is 0.808. The lowest BCUT2D eigenvalue weighted by Crippen LogP contribution is -2.32. The van der Waals surface area contributed by atoms with Crippen molar-refractivity contribution in [1.82, 2.24) is 0 Å². The topological polar surface area (TPSA) is 52.6 Å². The number of Topliss-reactive ketones (excluding diaryl/α,β-unsaturated/α-hetero) is 1. The Kier molecular flexibility index (Phi) is 4.81. The third kappa shape index (κ3) is 3.35. The maximum absolute atomic E-state index is 12.3.